The summed E-state index contributed by atoms with van der Waals surface area (Å²) >= 11 is 0. The average Bonchev–Trinajstić information content (AvgIpc) is 2.96. The van der Waals surface area contributed by atoms with E-state index in [4.69, 9.17) is 0 Å². The highest BCUT2D eigenvalue weighted by molar-refractivity contribution is 5.85. The van der Waals surface area contributed by atoms with Crippen LogP contribution in [0.15, 0.2) is 48.7 Å². The van der Waals surface area contributed by atoms with Crippen molar-refractivity contribution < 1.29 is 13.6 Å². The lowest BCUT2D eigenvalue weighted by Crippen LogP contribution is -2.47. The van der Waals surface area contributed by atoms with Crippen LogP contribution in [0.4, 0.5) is 8.78 Å². The average molecular weight is 345 g/mol. The number of carbonyl (C=O) groups is 1. The summed E-state index contributed by atoms with van der Waals surface area (Å²) in [7, 11) is 1.92. The van der Waals surface area contributed by atoms with E-state index in [1.54, 1.807) is 6.07 Å². The zero-order chi connectivity index (χ0) is 18.0. The van der Waals surface area contributed by atoms with Gasteiger partial charge in [-0.15, -0.1) is 0 Å². The summed E-state index contributed by atoms with van der Waals surface area (Å²) < 4.78 is 29.2. The third kappa shape index (κ3) is 3.54. The Kier molecular flexibility index (Phi) is 4.81. The van der Waals surface area contributed by atoms with Crippen LogP contribution < -0.4 is 5.32 Å². The van der Waals surface area contributed by atoms with Crippen molar-refractivity contribution in [3.8, 4) is 0 Å². The number of aromatic nitrogens is 1. The fourth-order valence-corrected chi connectivity index (χ4v) is 3.37. The Labute approximate surface area is 145 Å². The lowest BCUT2D eigenvalue weighted by atomic mass is 9.94. The Bertz CT molecular complexity index is 751. The van der Waals surface area contributed by atoms with E-state index in [1.165, 1.54) is 19.2 Å². The van der Waals surface area contributed by atoms with Gasteiger partial charge in [0, 0.05) is 31.2 Å². The summed E-state index contributed by atoms with van der Waals surface area (Å²) in [6.07, 6.45) is 1.28. The molecule has 1 aromatic heterocycles. The molecule has 3 rings (SSSR count). The fourth-order valence-electron chi connectivity index (χ4n) is 3.37. The van der Waals surface area contributed by atoms with Crippen molar-refractivity contribution in [2.45, 2.75) is 24.8 Å². The minimum absolute atomic E-state index is 0.0178. The molecule has 0 radical (unpaired) electrons. The number of likely N-dealkylation sites (N-methyl/N-ethyl adjacent to an activating group) is 1. The Hall–Kier alpha value is -2.34. The van der Waals surface area contributed by atoms with Crippen LogP contribution in [0.1, 0.15) is 22.7 Å². The predicted octanol–water partition coefficient (Wildman–Crippen LogP) is 2.70. The van der Waals surface area contributed by atoms with E-state index >= 15 is 0 Å². The quantitative estimate of drug-likeness (QED) is 0.927. The number of amides is 1. The van der Waals surface area contributed by atoms with Gasteiger partial charge in [-0.3, -0.25) is 9.78 Å². The van der Waals surface area contributed by atoms with Crippen LogP contribution in [0, 0.1) is 6.92 Å². The van der Waals surface area contributed by atoms with E-state index in [0.29, 0.717) is 18.7 Å². The first kappa shape index (κ1) is 17.5. The van der Waals surface area contributed by atoms with E-state index in [9.17, 15) is 13.6 Å². The van der Waals surface area contributed by atoms with Gasteiger partial charge in [0.1, 0.15) is 5.69 Å². The van der Waals surface area contributed by atoms with Gasteiger partial charge in [-0.2, -0.15) is 8.78 Å². The molecular weight excluding hydrogens is 324 g/mol. The second kappa shape index (κ2) is 6.88. The van der Waals surface area contributed by atoms with Gasteiger partial charge in [-0.05, 0) is 31.2 Å². The molecule has 1 aliphatic heterocycles. The molecule has 1 aromatic carbocycles. The highest BCUT2D eigenvalue weighted by atomic mass is 19.3. The zero-order valence-corrected chi connectivity index (χ0v) is 14.2. The van der Waals surface area contributed by atoms with Crippen LogP contribution in [0.25, 0.3) is 0 Å². The van der Waals surface area contributed by atoms with Crippen molar-refractivity contribution in [2.24, 2.45) is 0 Å². The number of benzene rings is 1. The molecule has 1 N–H and O–H groups in total. The van der Waals surface area contributed by atoms with Crippen molar-refractivity contribution >= 4 is 5.91 Å². The Morgan fingerprint density at radius 3 is 2.60 bits per heavy atom. The summed E-state index contributed by atoms with van der Waals surface area (Å²) in [6.45, 7) is 2.77. The van der Waals surface area contributed by atoms with Crippen LogP contribution in [0.2, 0.25) is 0 Å². The summed E-state index contributed by atoms with van der Waals surface area (Å²) in [5.74, 6) is -4.97. The lowest BCUT2D eigenvalue weighted by Gasteiger charge is -2.24. The molecule has 6 heteroatoms. The Morgan fingerprint density at radius 2 is 1.92 bits per heavy atom. The standard InChI is InChI=1S/C19H21F2N3O/c1-13-7-6-10-22-17(13)19(20,21)18(25)23-16-12-24(2)11-15(16)14-8-4-3-5-9-14/h3-10,15-16H,11-12H2,1-2H3,(H,23,25). The van der Waals surface area contributed by atoms with Crippen molar-refractivity contribution in [3.63, 3.8) is 0 Å². The third-order valence-corrected chi connectivity index (χ3v) is 4.64. The number of halogens is 2. The zero-order valence-electron chi connectivity index (χ0n) is 14.2. The summed E-state index contributed by atoms with van der Waals surface area (Å²) in [4.78, 5) is 18.1. The number of pyridine rings is 1. The second-order valence-corrected chi connectivity index (χ2v) is 6.56. The molecule has 0 bridgehead atoms. The Balaban J connectivity index is 1.80. The molecule has 1 aliphatic rings. The maximum atomic E-state index is 14.6. The SMILES string of the molecule is Cc1cccnc1C(F)(F)C(=O)NC1CN(C)CC1c1ccccc1. The highest BCUT2D eigenvalue weighted by Crippen LogP contribution is 2.31. The molecule has 0 spiro atoms. The first-order valence-electron chi connectivity index (χ1n) is 8.24. The molecule has 0 saturated carbocycles. The normalized spacial score (nSPS) is 21.3. The molecule has 4 nitrogen and oxygen atoms in total. The van der Waals surface area contributed by atoms with Crippen LogP contribution >= 0.6 is 0 Å². The van der Waals surface area contributed by atoms with E-state index in [1.807, 2.05) is 42.3 Å². The van der Waals surface area contributed by atoms with E-state index in [-0.39, 0.29) is 12.0 Å². The van der Waals surface area contributed by atoms with E-state index < -0.39 is 17.5 Å². The van der Waals surface area contributed by atoms with Crippen molar-refractivity contribution in [3.05, 3.63) is 65.5 Å². The number of carbonyl (C=O) groups excluding carboxylic acids is 1. The summed E-state index contributed by atoms with van der Waals surface area (Å²) in [5.41, 5.74) is 0.843. The molecule has 2 unspecified atom stereocenters. The molecule has 2 aromatic rings. The maximum Gasteiger partial charge on any atom is 0.366 e. The first-order valence-corrected chi connectivity index (χ1v) is 8.24. The molecule has 132 valence electrons. The summed E-state index contributed by atoms with van der Waals surface area (Å²) in [6, 6.07) is 12.4. The van der Waals surface area contributed by atoms with Gasteiger partial charge in [0.25, 0.3) is 5.91 Å². The van der Waals surface area contributed by atoms with Crippen molar-refractivity contribution in [2.75, 3.05) is 20.1 Å². The van der Waals surface area contributed by atoms with Gasteiger partial charge in [-0.1, -0.05) is 36.4 Å². The number of hydrogen-bond donors (Lipinski definition) is 1. The molecule has 2 heterocycles. The van der Waals surface area contributed by atoms with Crippen LogP contribution in [0.3, 0.4) is 0 Å². The minimum Gasteiger partial charge on any atom is -0.346 e. The van der Waals surface area contributed by atoms with E-state index in [0.717, 1.165) is 5.56 Å². The molecule has 2 atom stereocenters. The second-order valence-electron chi connectivity index (χ2n) is 6.56. The smallest absolute Gasteiger partial charge is 0.346 e. The monoisotopic (exact) mass is 345 g/mol. The van der Waals surface area contributed by atoms with Gasteiger partial charge in [0.05, 0.1) is 0 Å². The topological polar surface area (TPSA) is 45.2 Å². The lowest BCUT2D eigenvalue weighted by molar-refractivity contribution is -0.148. The number of nitrogens with one attached hydrogen (secondary N) is 1. The summed E-state index contributed by atoms with van der Waals surface area (Å²) in [5, 5.41) is 2.55. The van der Waals surface area contributed by atoms with Gasteiger partial charge in [-0.25, -0.2) is 0 Å². The van der Waals surface area contributed by atoms with Crippen molar-refractivity contribution in [1.82, 2.24) is 15.2 Å². The number of alkyl halides is 2. The van der Waals surface area contributed by atoms with Gasteiger partial charge < -0.3 is 10.2 Å². The van der Waals surface area contributed by atoms with Crippen LogP contribution in [-0.2, 0) is 10.7 Å². The number of likely N-dealkylation sites (tertiary alicyclic amines) is 1. The molecule has 1 amide bonds. The fraction of sp³-hybridized carbons (Fsp3) is 0.368. The van der Waals surface area contributed by atoms with Crippen molar-refractivity contribution in [1.29, 1.82) is 0 Å². The first-order chi connectivity index (χ1) is 11.9. The predicted molar refractivity (Wildman–Crippen MR) is 91.5 cm³/mol. The number of rotatable bonds is 4. The molecule has 25 heavy (non-hydrogen) atoms. The number of nitrogens with zero attached hydrogens (tertiary/aromatic N) is 2. The minimum atomic E-state index is -3.66. The van der Waals surface area contributed by atoms with Gasteiger partial charge >= 0.3 is 5.92 Å². The molecule has 1 saturated heterocycles. The molecule has 0 aliphatic carbocycles. The Morgan fingerprint density at radius 1 is 1.20 bits per heavy atom. The maximum absolute atomic E-state index is 14.6. The highest BCUT2D eigenvalue weighted by Gasteiger charge is 2.46. The van der Waals surface area contributed by atoms with E-state index in [2.05, 4.69) is 10.3 Å². The van der Waals surface area contributed by atoms with Gasteiger partial charge in [0.15, 0.2) is 0 Å². The number of hydrogen-bond acceptors (Lipinski definition) is 3. The number of aryl methyl sites for hydroxylation is 1. The van der Waals surface area contributed by atoms with Gasteiger partial charge in [0.2, 0.25) is 0 Å². The molecule has 1 fully saturated rings. The van der Waals surface area contributed by atoms with Crippen LogP contribution in [-0.4, -0.2) is 42.0 Å². The third-order valence-electron chi connectivity index (χ3n) is 4.64. The largest absolute Gasteiger partial charge is 0.366 e. The molecular formula is C19H21F2N3O. The van der Waals surface area contributed by atoms with Crippen LogP contribution in [0.5, 0.6) is 0 Å².